The van der Waals surface area contributed by atoms with Crippen LogP contribution in [0.15, 0.2) is 30.3 Å². The van der Waals surface area contributed by atoms with Crippen LogP contribution in [0.1, 0.15) is 18.5 Å². The van der Waals surface area contributed by atoms with E-state index >= 15 is 0 Å². The summed E-state index contributed by atoms with van der Waals surface area (Å²) in [6.45, 7) is 1.17. The zero-order chi connectivity index (χ0) is 12.2. The van der Waals surface area contributed by atoms with Crippen LogP contribution in [0.3, 0.4) is 0 Å². The summed E-state index contributed by atoms with van der Waals surface area (Å²) in [4.78, 5) is 0. The van der Waals surface area contributed by atoms with Crippen molar-refractivity contribution < 1.29 is 18.3 Å². The number of benzene rings is 1. The van der Waals surface area contributed by atoms with Gasteiger partial charge in [0.1, 0.15) is 6.04 Å². The lowest BCUT2D eigenvalue weighted by atomic mass is 10.1. The quantitative estimate of drug-likeness (QED) is 0.836. The molecule has 0 bridgehead atoms. The summed E-state index contributed by atoms with van der Waals surface area (Å²) in [5.41, 5.74) is 0.148. The highest BCUT2D eigenvalue weighted by molar-refractivity contribution is 5.20. The lowest BCUT2D eigenvalue weighted by Gasteiger charge is -2.25. The number of hydrogen-bond acceptors (Lipinski definition) is 2. The molecule has 16 heavy (non-hydrogen) atoms. The maximum absolute atomic E-state index is 12.8. The molecule has 0 aliphatic heterocycles. The Labute approximate surface area is 92.1 Å². The molecule has 0 aromatic heterocycles. The molecule has 0 saturated heterocycles. The van der Waals surface area contributed by atoms with Crippen LogP contribution < -0.4 is 5.32 Å². The lowest BCUT2D eigenvalue weighted by molar-refractivity contribution is -0.160. The van der Waals surface area contributed by atoms with Gasteiger partial charge in [0.25, 0.3) is 0 Å². The number of nitrogens with one attached hydrogen (secondary N) is 1. The summed E-state index contributed by atoms with van der Waals surface area (Å²) in [7, 11) is 0. The molecule has 0 saturated carbocycles. The van der Waals surface area contributed by atoms with Crippen molar-refractivity contribution in [1.29, 1.82) is 0 Å². The number of halogens is 3. The Morgan fingerprint density at radius 3 is 2.25 bits per heavy atom. The van der Waals surface area contributed by atoms with E-state index in [2.05, 4.69) is 5.32 Å². The summed E-state index contributed by atoms with van der Waals surface area (Å²) in [5, 5.41) is 11.1. The maximum Gasteiger partial charge on any atom is 0.407 e. The summed E-state index contributed by atoms with van der Waals surface area (Å²) in [6, 6.07) is 5.25. The van der Waals surface area contributed by atoms with Gasteiger partial charge >= 0.3 is 6.18 Å². The summed E-state index contributed by atoms with van der Waals surface area (Å²) < 4.78 is 38.3. The standard InChI is InChI=1S/C11H14F3NO/c1-8(7-16)15-10(11(12,13)14)9-5-3-2-4-6-9/h2-6,8,10,15-16H,7H2,1H3. The molecule has 1 rings (SSSR count). The van der Waals surface area contributed by atoms with Crippen LogP contribution >= 0.6 is 0 Å². The Balaban J connectivity index is 2.89. The molecule has 2 N–H and O–H groups in total. The molecule has 0 spiro atoms. The predicted molar refractivity (Wildman–Crippen MR) is 54.9 cm³/mol. The highest BCUT2D eigenvalue weighted by Gasteiger charge is 2.41. The van der Waals surface area contributed by atoms with Crippen molar-refractivity contribution in [2.24, 2.45) is 0 Å². The van der Waals surface area contributed by atoms with Crippen LogP contribution in [-0.2, 0) is 0 Å². The third-order valence-electron chi connectivity index (χ3n) is 2.19. The zero-order valence-electron chi connectivity index (χ0n) is 8.83. The van der Waals surface area contributed by atoms with Crippen LogP contribution in [0.2, 0.25) is 0 Å². The minimum atomic E-state index is -4.37. The Morgan fingerprint density at radius 1 is 1.25 bits per heavy atom. The smallest absolute Gasteiger partial charge is 0.395 e. The minimum absolute atomic E-state index is 0.148. The Kier molecular flexibility index (Phi) is 4.32. The fourth-order valence-electron chi connectivity index (χ4n) is 1.36. The van der Waals surface area contributed by atoms with E-state index in [0.29, 0.717) is 0 Å². The van der Waals surface area contributed by atoms with E-state index in [4.69, 9.17) is 5.11 Å². The van der Waals surface area contributed by atoms with E-state index in [1.54, 1.807) is 18.2 Å². The third-order valence-corrected chi connectivity index (χ3v) is 2.19. The van der Waals surface area contributed by atoms with E-state index in [0.717, 1.165) is 0 Å². The van der Waals surface area contributed by atoms with Gasteiger partial charge in [-0.2, -0.15) is 13.2 Å². The molecule has 0 fully saturated rings. The van der Waals surface area contributed by atoms with Gasteiger partial charge in [0.05, 0.1) is 6.61 Å². The topological polar surface area (TPSA) is 32.3 Å². The molecule has 1 aromatic carbocycles. The Hall–Kier alpha value is -1.07. The van der Waals surface area contributed by atoms with Crippen molar-refractivity contribution in [2.75, 3.05) is 6.61 Å². The van der Waals surface area contributed by atoms with Crippen molar-refractivity contribution in [3.05, 3.63) is 35.9 Å². The second-order valence-corrected chi connectivity index (χ2v) is 3.64. The molecule has 0 radical (unpaired) electrons. The monoisotopic (exact) mass is 233 g/mol. The fourth-order valence-corrected chi connectivity index (χ4v) is 1.36. The van der Waals surface area contributed by atoms with Crippen LogP contribution in [-0.4, -0.2) is 23.9 Å². The second-order valence-electron chi connectivity index (χ2n) is 3.64. The third kappa shape index (κ3) is 3.50. The van der Waals surface area contributed by atoms with E-state index in [-0.39, 0.29) is 12.2 Å². The van der Waals surface area contributed by atoms with Gasteiger partial charge in [0.15, 0.2) is 0 Å². The number of aliphatic hydroxyl groups excluding tert-OH is 1. The van der Waals surface area contributed by atoms with Crippen molar-refractivity contribution in [1.82, 2.24) is 5.32 Å². The van der Waals surface area contributed by atoms with Crippen LogP contribution in [0.5, 0.6) is 0 Å². The van der Waals surface area contributed by atoms with E-state index in [1.165, 1.54) is 19.1 Å². The van der Waals surface area contributed by atoms with E-state index in [9.17, 15) is 13.2 Å². The van der Waals surface area contributed by atoms with Crippen LogP contribution in [0.25, 0.3) is 0 Å². The highest BCUT2D eigenvalue weighted by atomic mass is 19.4. The average molecular weight is 233 g/mol. The van der Waals surface area contributed by atoms with Crippen LogP contribution in [0.4, 0.5) is 13.2 Å². The molecular formula is C11H14F3NO. The van der Waals surface area contributed by atoms with Gasteiger partial charge in [0, 0.05) is 6.04 Å². The van der Waals surface area contributed by atoms with Gasteiger partial charge in [-0.25, -0.2) is 0 Å². The molecule has 90 valence electrons. The van der Waals surface area contributed by atoms with Gasteiger partial charge in [-0.1, -0.05) is 30.3 Å². The number of hydrogen-bond donors (Lipinski definition) is 2. The first-order valence-corrected chi connectivity index (χ1v) is 4.93. The zero-order valence-corrected chi connectivity index (χ0v) is 8.83. The predicted octanol–water partition coefficient (Wildman–Crippen LogP) is 2.26. The summed E-state index contributed by atoms with van der Waals surface area (Å²) in [6.07, 6.45) is -4.37. The van der Waals surface area contributed by atoms with Crippen molar-refractivity contribution in [3.8, 4) is 0 Å². The van der Waals surface area contributed by atoms with Crippen molar-refractivity contribution in [2.45, 2.75) is 25.2 Å². The summed E-state index contributed by atoms with van der Waals surface area (Å²) in [5.74, 6) is 0. The SMILES string of the molecule is CC(CO)NC(c1ccccc1)C(F)(F)F. The Morgan fingerprint density at radius 2 is 1.81 bits per heavy atom. The largest absolute Gasteiger partial charge is 0.407 e. The van der Waals surface area contributed by atoms with E-state index < -0.39 is 18.3 Å². The Bertz CT molecular complexity index is 313. The molecule has 2 unspecified atom stereocenters. The molecule has 0 amide bonds. The van der Waals surface area contributed by atoms with Crippen molar-refractivity contribution >= 4 is 0 Å². The van der Waals surface area contributed by atoms with Gasteiger partial charge in [-0.3, -0.25) is 5.32 Å². The first-order valence-electron chi connectivity index (χ1n) is 4.93. The molecule has 2 atom stereocenters. The maximum atomic E-state index is 12.8. The number of alkyl halides is 3. The number of rotatable bonds is 4. The van der Waals surface area contributed by atoms with Gasteiger partial charge < -0.3 is 5.11 Å². The number of aliphatic hydroxyl groups is 1. The first-order chi connectivity index (χ1) is 7.45. The minimum Gasteiger partial charge on any atom is -0.395 e. The molecule has 0 aliphatic rings. The van der Waals surface area contributed by atoms with Crippen molar-refractivity contribution in [3.63, 3.8) is 0 Å². The fraction of sp³-hybridized carbons (Fsp3) is 0.455. The van der Waals surface area contributed by atoms with Gasteiger partial charge in [-0.05, 0) is 12.5 Å². The molecular weight excluding hydrogens is 219 g/mol. The lowest BCUT2D eigenvalue weighted by Crippen LogP contribution is -2.40. The second kappa shape index (κ2) is 5.32. The molecule has 0 heterocycles. The molecule has 0 aliphatic carbocycles. The first kappa shape index (κ1) is 13.0. The van der Waals surface area contributed by atoms with Gasteiger partial charge in [0.2, 0.25) is 0 Å². The summed E-state index contributed by atoms with van der Waals surface area (Å²) >= 11 is 0. The molecule has 1 aromatic rings. The van der Waals surface area contributed by atoms with E-state index in [1.807, 2.05) is 0 Å². The molecule has 5 heteroatoms. The average Bonchev–Trinajstić information content (AvgIpc) is 2.25. The van der Waals surface area contributed by atoms with Crippen LogP contribution in [0, 0.1) is 0 Å². The highest BCUT2D eigenvalue weighted by Crippen LogP contribution is 2.32. The van der Waals surface area contributed by atoms with Gasteiger partial charge in [-0.15, -0.1) is 0 Å². The molecule has 2 nitrogen and oxygen atoms in total. The normalized spacial score (nSPS) is 15.8.